The summed E-state index contributed by atoms with van der Waals surface area (Å²) in [5.74, 6) is -0.266. The molecule has 98 valence electrons. The number of nitrogens with one attached hydrogen (secondary N) is 2. The van der Waals surface area contributed by atoms with E-state index in [4.69, 9.17) is 0 Å². The van der Waals surface area contributed by atoms with Crippen molar-refractivity contribution in [1.82, 2.24) is 0 Å². The van der Waals surface area contributed by atoms with E-state index < -0.39 is 22.0 Å². The second-order valence-corrected chi connectivity index (χ2v) is 6.39. The zero-order chi connectivity index (χ0) is 13.2. The molecule has 1 amide bonds. The van der Waals surface area contributed by atoms with Gasteiger partial charge in [-0.25, -0.2) is 8.42 Å². The lowest BCUT2D eigenvalue weighted by Crippen LogP contribution is -2.31. The van der Waals surface area contributed by atoms with Gasteiger partial charge in [0.1, 0.15) is 0 Å². The summed E-state index contributed by atoms with van der Waals surface area (Å²) in [7, 11) is -3.15. The number of carbonyl (C=O) groups excluding carboxylic acids is 1. The predicted octanol–water partition coefficient (Wildman–Crippen LogP) is -0.175. The van der Waals surface area contributed by atoms with Gasteiger partial charge in [-0.2, -0.15) is 0 Å². The molecule has 0 aliphatic carbocycles. The Hall–Kier alpha value is -1.60. The van der Waals surface area contributed by atoms with Crippen LogP contribution in [0.15, 0.2) is 24.3 Å². The maximum absolute atomic E-state index is 11.3. The summed E-state index contributed by atoms with van der Waals surface area (Å²) >= 11 is 0. The van der Waals surface area contributed by atoms with E-state index >= 15 is 0 Å². The summed E-state index contributed by atoms with van der Waals surface area (Å²) in [6, 6.07) is 6.31. The smallest absolute Gasteiger partial charge is 0.211 e. The van der Waals surface area contributed by atoms with Crippen LogP contribution in [0.1, 0.15) is 0 Å². The molecule has 1 aliphatic heterocycles. The lowest BCUT2D eigenvalue weighted by atomic mass is 10.2. The summed E-state index contributed by atoms with van der Waals surface area (Å²) in [5.41, 5.74) is 1.35. The monoisotopic (exact) mass is 270 g/mol. The van der Waals surface area contributed by atoms with Crippen LogP contribution in [-0.4, -0.2) is 43.6 Å². The Morgan fingerprint density at radius 1 is 1.17 bits per heavy atom. The molecule has 1 saturated heterocycles. The van der Waals surface area contributed by atoms with Gasteiger partial charge in [-0.3, -0.25) is 4.79 Å². The van der Waals surface area contributed by atoms with Gasteiger partial charge >= 0.3 is 0 Å². The molecule has 6 nitrogen and oxygen atoms in total. The molecule has 1 heterocycles. The van der Waals surface area contributed by atoms with Crippen LogP contribution in [0.5, 0.6) is 0 Å². The molecule has 0 radical (unpaired) electrons. The predicted molar refractivity (Wildman–Crippen MR) is 68.2 cm³/mol. The van der Waals surface area contributed by atoms with E-state index in [1.807, 2.05) is 0 Å². The normalized spacial score (nSPS) is 25.6. The second kappa shape index (κ2) is 4.95. The zero-order valence-corrected chi connectivity index (χ0v) is 10.4. The summed E-state index contributed by atoms with van der Waals surface area (Å²) in [6.45, 7) is 0. The highest BCUT2D eigenvalue weighted by Crippen LogP contribution is 2.19. The Balaban J connectivity index is 2.03. The number of carbonyl (C=O) groups is 1. The number of aliphatic hydroxyl groups excluding tert-OH is 1. The SMILES string of the molecule is O=CNc1ccc(N[C@H]2CS(=O)(=O)C[C@H]2O)cc1. The quantitative estimate of drug-likeness (QED) is 0.660. The lowest BCUT2D eigenvalue weighted by Gasteiger charge is -2.16. The van der Waals surface area contributed by atoms with Gasteiger partial charge in [-0.15, -0.1) is 0 Å². The van der Waals surface area contributed by atoms with Gasteiger partial charge in [0.25, 0.3) is 0 Å². The van der Waals surface area contributed by atoms with Crippen molar-refractivity contribution < 1.29 is 18.3 Å². The number of hydrogen-bond donors (Lipinski definition) is 3. The lowest BCUT2D eigenvalue weighted by molar-refractivity contribution is -0.105. The third-order valence-electron chi connectivity index (χ3n) is 2.79. The van der Waals surface area contributed by atoms with Crippen molar-refractivity contribution >= 4 is 27.6 Å². The number of anilines is 2. The molecule has 18 heavy (non-hydrogen) atoms. The van der Waals surface area contributed by atoms with Crippen molar-refractivity contribution in [1.29, 1.82) is 0 Å². The first-order chi connectivity index (χ1) is 8.50. The molecular formula is C11H14N2O4S. The average molecular weight is 270 g/mol. The molecule has 1 aromatic carbocycles. The van der Waals surface area contributed by atoms with E-state index in [0.717, 1.165) is 0 Å². The van der Waals surface area contributed by atoms with Crippen molar-refractivity contribution in [2.45, 2.75) is 12.1 Å². The molecule has 1 fully saturated rings. The number of sulfone groups is 1. The van der Waals surface area contributed by atoms with Crippen LogP contribution in [0.2, 0.25) is 0 Å². The largest absolute Gasteiger partial charge is 0.390 e. The molecule has 3 N–H and O–H groups in total. The first kappa shape index (κ1) is 12.8. The molecule has 7 heteroatoms. The van der Waals surface area contributed by atoms with Crippen LogP contribution in [0.4, 0.5) is 11.4 Å². The molecule has 0 unspecified atom stereocenters. The van der Waals surface area contributed by atoms with Crippen LogP contribution >= 0.6 is 0 Å². The number of aliphatic hydroxyl groups is 1. The van der Waals surface area contributed by atoms with E-state index in [9.17, 15) is 18.3 Å². The van der Waals surface area contributed by atoms with E-state index in [2.05, 4.69) is 10.6 Å². The highest BCUT2D eigenvalue weighted by Gasteiger charge is 2.36. The Bertz CT molecular complexity index is 526. The number of benzene rings is 1. The van der Waals surface area contributed by atoms with Crippen molar-refractivity contribution in [3.63, 3.8) is 0 Å². The maximum Gasteiger partial charge on any atom is 0.211 e. The van der Waals surface area contributed by atoms with Gasteiger partial charge < -0.3 is 15.7 Å². The van der Waals surface area contributed by atoms with Crippen molar-refractivity contribution in [3.8, 4) is 0 Å². The standard InChI is InChI=1S/C11H14N2O4S/c14-7-12-8-1-3-9(4-2-8)13-10-5-18(16,17)6-11(10)15/h1-4,7,10-11,13,15H,5-6H2,(H,12,14)/t10-,11+/m0/s1. The molecule has 0 spiro atoms. The van der Waals surface area contributed by atoms with E-state index in [1.54, 1.807) is 24.3 Å². The molecule has 1 aliphatic rings. The van der Waals surface area contributed by atoms with Crippen LogP contribution < -0.4 is 10.6 Å². The molecule has 0 saturated carbocycles. The van der Waals surface area contributed by atoms with Gasteiger partial charge in [0.05, 0.1) is 23.7 Å². The Kier molecular flexibility index (Phi) is 3.53. The fourth-order valence-electron chi connectivity index (χ4n) is 1.91. The van der Waals surface area contributed by atoms with Gasteiger partial charge in [0.15, 0.2) is 9.84 Å². The van der Waals surface area contributed by atoms with Crippen LogP contribution in [0.3, 0.4) is 0 Å². The van der Waals surface area contributed by atoms with Gasteiger partial charge in [-0.1, -0.05) is 0 Å². The fraction of sp³-hybridized carbons (Fsp3) is 0.364. The summed E-state index contributed by atoms with van der Waals surface area (Å²) < 4.78 is 22.7. The van der Waals surface area contributed by atoms with E-state index in [0.29, 0.717) is 17.8 Å². The number of rotatable bonds is 4. The minimum absolute atomic E-state index is 0.0670. The van der Waals surface area contributed by atoms with Crippen molar-refractivity contribution in [2.75, 3.05) is 22.1 Å². The fourth-order valence-corrected chi connectivity index (χ4v) is 3.65. The van der Waals surface area contributed by atoms with Crippen LogP contribution in [0, 0.1) is 0 Å². The maximum atomic E-state index is 11.3. The Morgan fingerprint density at radius 2 is 1.78 bits per heavy atom. The molecule has 2 rings (SSSR count). The summed E-state index contributed by atoms with van der Waals surface area (Å²) in [4.78, 5) is 10.2. The summed E-state index contributed by atoms with van der Waals surface area (Å²) in [6.07, 6.45) is -0.307. The summed E-state index contributed by atoms with van der Waals surface area (Å²) in [5, 5.41) is 15.1. The number of hydrogen-bond acceptors (Lipinski definition) is 5. The van der Waals surface area contributed by atoms with Crippen LogP contribution in [0.25, 0.3) is 0 Å². The van der Waals surface area contributed by atoms with E-state index in [1.165, 1.54) is 0 Å². The van der Waals surface area contributed by atoms with Gasteiger partial charge in [-0.05, 0) is 24.3 Å². The van der Waals surface area contributed by atoms with Crippen molar-refractivity contribution in [2.24, 2.45) is 0 Å². The topological polar surface area (TPSA) is 95.5 Å². The Labute approximate surface area is 105 Å². The minimum Gasteiger partial charge on any atom is -0.390 e. The molecular weight excluding hydrogens is 256 g/mol. The second-order valence-electron chi connectivity index (χ2n) is 4.23. The highest BCUT2D eigenvalue weighted by molar-refractivity contribution is 7.91. The van der Waals surface area contributed by atoms with Gasteiger partial charge in [0.2, 0.25) is 6.41 Å². The van der Waals surface area contributed by atoms with Crippen molar-refractivity contribution in [3.05, 3.63) is 24.3 Å². The molecule has 0 bridgehead atoms. The number of amides is 1. The molecule has 0 aromatic heterocycles. The van der Waals surface area contributed by atoms with Gasteiger partial charge in [0, 0.05) is 11.4 Å². The molecule has 2 atom stereocenters. The third-order valence-corrected chi connectivity index (χ3v) is 4.50. The van der Waals surface area contributed by atoms with E-state index in [-0.39, 0.29) is 11.5 Å². The minimum atomic E-state index is -3.15. The average Bonchev–Trinajstić information content (AvgIpc) is 2.55. The Morgan fingerprint density at radius 3 is 2.28 bits per heavy atom. The first-order valence-corrected chi connectivity index (χ1v) is 7.27. The first-order valence-electron chi connectivity index (χ1n) is 5.45. The third kappa shape index (κ3) is 2.99. The van der Waals surface area contributed by atoms with Crippen LogP contribution in [-0.2, 0) is 14.6 Å². The molecule has 1 aromatic rings. The zero-order valence-electron chi connectivity index (χ0n) is 9.54. The highest BCUT2D eigenvalue weighted by atomic mass is 32.2.